The zero-order valence-corrected chi connectivity index (χ0v) is 14.6. The molecule has 12 nitrogen and oxygen atoms in total. The van der Waals surface area contributed by atoms with E-state index in [0.717, 1.165) is 11.7 Å². The van der Waals surface area contributed by atoms with Gasteiger partial charge in [-0.15, -0.1) is 0 Å². The smallest absolute Gasteiger partial charge is 0.442 e. The van der Waals surface area contributed by atoms with Gasteiger partial charge in [0.05, 0.1) is 25.7 Å². The van der Waals surface area contributed by atoms with Crippen molar-refractivity contribution in [2.45, 2.75) is 6.54 Å². The van der Waals surface area contributed by atoms with Gasteiger partial charge in [0.1, 0.15) is 13.6 Å². The molecule has 26 heavy (non-hydrogen) atoms. The number of hydrogen-bond acceptors (Lipinski definition) is 11. The summed E-state index contributed by atoms with van der Waals surface area (Å²) in [7, 11) is -1.69. The first kappa shape index (κ1) is 17.9. The molecule has 0 saturated carbocycles. The summed E-state index contributed by atoms with van der Waals surface area (Å²) in [5.41, 5.74) is 1.03. The highest BCUT2D eigenvalue weighted by Crippen LogP contribution is 2.22. The number of anilines is 1. The lowest BCUT2D eigenvalue weighted by Crippen LogP contribution is -2.17. The van der Waals surface area contributed by atoms with Gasteiger partial charge < -0.3 is 9.73 Å². The summed E-state index contributed by atoms with van der Waals surface area (Å²) in [6.45, 7) is 0.0607. The lowest BCUT2D eigenvalue weighted by molar-refractivity contribution is 0.308. The third-order valence-electron chi connectivity index (χ3n) is 3.18. The maximum absolute atomic E-state index is 11.9. The molecule has 0 aliphatic heterocycles. The van der Waals surface area contributed by atoms with Crippen LogP contribution in [0.3, 0.4) is 0 Å². The monoisotopic (exact) mass is 383 g/mol. The van der Waals surface area contributed by atoms with Crippen LogP contribution in [0.1, 0.15) is 5.76 Å². The maximum atomic E-state index is 11.9. The van der Waals surface area contributed by atoms with E-state index in [1.165, 1.54) is 4.57 Å². The van der Waals surface area contributed by atoms with Crippen molar-refractivity contribution in [3.63, 3.8) is 0 Å². The van der Waals surface area contributed by atoms with E-state index in [2.05, 4.69) is 29.6 Å². The molecule has 0 amide bonds. The highest BCUT2D eigenvalue weighted by Gasteiger charge is 2.22. The molecule has 3 rings (SSSR count). The molecule has 0 radical (unpaired) electrons. The minimum atomic E-state index is -3.55. The highest BCUT2D eigenvalue weighted by molar-refractivity contribution is 7.85. The quantitative estimate of drug-likeness (QED) is 0.265. The van der Waals surface area contributed by atoms with Crippen molar-refractivity contribution in [2.24, 2.45) is 0 Å². The van der Waals surface area contributed by atoms with Crippen molar-refractivity contribution in [2.75, 3.05) is 24.7 Å². The van der Waals surface area contributed by atoms with Gasteiger partial charge >= 0.3 is 5.76 Å². The molecule has 0 aromatic carbocycles. The Balaban J connectivity index is 1.78. The average molecular weight is 383 g/mol. The molecule has 0 aliphatic rings. The zero-order chi connectivity index (χ0) is 18.7. The zero-order valence-electron chi connectivity index (χ0n) is 13.8. The predicted octanol–water partition coefficient (Wildman–Crippen LogP) is -1.83. The van der Waals surface area contributed by atoms with Crippen molar-refractivity contribution < 1.29 is 26.2 Å². The van der Waals surface area contributed by atoms with Crippen LogP contribution in [0.2, 0.25) is 0 Å². The van der Waals surface area contributed by atoms with E-state index in [1.807, 2.05) is 7.85 Å². The van der Waals surface area contributed by atoms with E-state index in [0.29, 0.717) is 5.76 Å². The van der Waals surface area contributed by atoms with E-state index in [4.69, 9.17) is 8.94 Å². The van der Waals surface area contributed by atoms with Crippen LogP contribution >= 0.6 is 0 Å². The Morgan fingerprint density at radius 2 is 2.15 bits per heavy atom. The molecular formula is C12H14BN5O7S. The second-order valence-corrected chi connectivity index (χ2v) is 7.01. The van der Waals surface area contributed by atoms with Crippen LogP contribution in [0.15, 0.2) is 30.7 Å². The van der Waals surface area contributed by atoms with Crippen LogP contribution in [0.5, 0.6) is 0 Å². The largest absolute Gasteiger partial charge is 0.468 e. The number of nitrogens with one attached hydrogen (secondary N) is 1. The fraction of sp³-hybridized carbons (Fsp3) is 0.333. The Morgan fingerprint density at radius 3 is 2.85 bits per heavy atom. The second-order valence-electron chi connectivity index (χ2n) is 5.36. The summed E-state index contributed by atoms with van der Waals surface area (Å²) in [5.74, 6) is 0.0570. The van der Waals surface area contributed by atoms with Crippen molar-refractivity contribution in [3.05, 3.63) is 28.6 Å². The molecule has 3 aromatic rings. The molecule has 0 aliphatic carbocycles. The first-order valence-corrected chi connectivity index (χ1v) is 9.17. The summed E-state index contributed by atoms with van der Waals surface area (Å²) in [6.07, 6.45) is 2.50. The number of nitrogens with zero attached hydrogens (tertiary/aromatic N) is 4. The number of furan rings is 1. The third kappa shape index (κ3) is 4.21. The van der Waals surface area contributed by atoms with Crippen molar-refractivity contribution >= 4 is 29.2 Å². The standard InChI is InChI=1S/C12H14BN5O7S/c1-26(20,21)23-3-2-14-10-9(15-25-16-10)11-17-24-12(19)18(11)5-8-4-7(13)6-22-8/h4,6H,2-3,5,13H2,1H3,(H,14,16). The minimum Gasteiger partial charge on any atom is -0.468 e. The fourth-order valence-corrected chi connectivity index (χ4v) is 2.51. The summed E-state index contributed by atoms with van der Waals surface area (Å²) < 4.78 is 42.4. The highest BCUT2D eigenvalue weighted by atomic mass is 32.2. The van der Waals surface area contributed by atoms with Crippen LogP contribution in [0.4, 0.5) is 5.82 Å². The molecule has 0 saturated heterocycles. The average Bonchev–Trinajstić information content (AvgIpc) is 3.26. The molecule has 0 bridgehead atoms. The first-order valence-electron chi connectivity index (χ1n) is 7.35. The van der Waals surface area contributed by atoms with Gasteiger partial charge in [0.25, 0.3) is 10.1 Å². The van der Waals surface area contributed by atoms with Gasteiger partial charge in [-0.3, -0.25) is 8.71 Å². The van der Waals surface area contributed by atoms with Crippen LogP contribution in [-0.4, -0.2) is 55.7 Å². The predicted molar refractivity (Wildman–Crippen MR) is 89.3 cm³/mol. The van der Waals surface area contributed by atoms with E-state index in [9.17, 15) is 13.2 Å². The van der Waals surface area contributed by atoms with Crippen LogP contribution < -0.4 is 16.5 Å². The summed E-state index contributed by atoms with van der Waals surface area (Å²) in [6, 6.07) is 1.77. The van der Waals surface area contributed by atoms with E-state index < -0.39 is 15.9 Å². The molecule has 138 valence electrons. The minimum absolute atomic E-state index is 0.0784. The van der Waals surface area contributed by atoms with Gasteiger partial charge in [-0.2, -0.15) is 8.42 Å². The lowest BCUT2D eigenvalue weighted by Gasteiger charge is -2.04. The molecule has 1 N–H and O–H groups in total. The molecule has 3 heterocycles. The van der Waals surface area contributed by atoms with Crippen molar-refractivity contribution in [1.29, 1.82) is 0 Å². The van der Waals surface area contributed by atoms with E-state index >= 15 is 0 Å². The Labute approximate surface area is 147 Å². The van der Waals surface area contributed by atoms with Gasteiger partial charge in [0, 0.05) is 6.54 Å². The Morgan fingerprint density at radius 1 is 1.35 bits per heavy atom. The molecular weight excluding hydrogens is 369 g/mol. The van der Waals surface area contributed by atoms with Crippen LogP contribution in [0.25, 0.3) is 11.5 Å². The Hall–Kier alpha value is -2.87. The van der Waals surface area contributed by atoms with Crippen LogP contribution in [0, 0.1) is 0 Å². The third-order valence-corrected chi connectivity index (χ3v) is 3.77. The summed E-state index contributed by atoms with van der Waals surface area (Å²) in [5, 5.41) is 13.9. The molecule has 0 atom stereocenters. The van der Waals surface area contributed by atoms with Crippen LogP contribution in [-0.2, 0) is 20.8 Å². The number of aromatic nitrogens is 4. The summed E-state index contributed by atoms with van der Waals surface area (Å²) in [4.78, 5) is 11.9. The molecule has 14 heteroatoms. The van der Waals surface area contributed by atoms with Crippen molar-refractivity contribution in [3.8, 4) is 11.5 Å². The molecule has 3 aromatic heterocycles. The first-order chi connectivity index (χ1) is 12.3. The fourth-order valence-electron chi connectivity index (χ4n) is 2.12. The van der Waals surface area contributed by atoms with Gasteiger partial charge in [-0.05, 0) is 16.4 Å². The van der Waals surface area contributed by atoms with E-state index in [-0.39, 0.29) is 37.0 Å². The molecule has 0 unspecified atom stereocenters. The van der Waals surface area contributed by atoms with Crippen molar-refractivity contribution in [1.82, 2.24) is 20.0 Å². The van der Waals surface area contributed by atoms with Gasteiger partial charge in [0.2, 0.25) is 11.6 Å². The maximum Gasteiger partial charge on any atom is 0.442 e. The van der Waals surface area contributed by atoms with Gasteiger partial charge in [-0.1, -0.05) is 10.6 Å². The molecule has 0 spiro atoms. The lowest BCUT2D eigenvalue weighted by atomic mass is 10.0. The second kappa shape index (κ2) is 7.17. The van der Waals surface area contributed by atoms with Gasteiger partial charge in [0.15, 0.2) is 5.69 Å². The Bertz CT molecular complexity index is 1050. The summed E-state index contributed by atoms with van der Waals surface area (Å²) >= 11 is 0. The normalized spacial score (nSPS) is 11.7. The Kier molecular flexibility index (Phi) is 4.95. The number of rotatable bonds is 8. The van der Waals surface area contributed by atoms with E-state index in [1.54, 1.807) is 12.3 Å². The SMILES string of the molecule is Bc1coc(Cn2c(-c3nonc3NCCOS(C)(=O)=O)noc2=O)c1. The molecule has 0 fully saturated rings. The number of hydrogen-bond donors (Lipinski definition) is 1. The topological polar surface area (TPSA) is 155 Å². The van der Waals surface area contributed by atoms with Gasteiger partial charge in [-0.25, -0.2) is 14.0 Å².